The van der Waals surface area contributed by atoms with Crippen molar-refractivity contribution < 1.29 is 30.0 Å². The lowest BCUT2D eigenvalue weighted by Gasteiger charge is -1.91. The third kappa shape index (κ3) is 6.96. The van der Waals surface area contributed by atoms with Crippen LogP contribution in [0.1, 0.15) is 0 Å². The molecule has 0 fully saturated rings. The molecule has 0 heterocycles. The highest BCUT2D eigenvalue weighted by Gasteiger charge is 1.90. The second-order valence-corrected chi connectivity index (χ2v) is 2.50. The summed E-state index contributed by atoms with van der Waals surface area (Å²) in [7, 11) is 0. The molecule has 86 valence electrons. The van der Waals surface area contributed by atoms with Gasteiger partial charge in [-0.15, -0.1) is 0 Å². The topological polar surface area (TPSA) is 115 Å². The molecule has 1 aromatic carbocycles. The number of phenolic OH excluding ortho intramolecular Hbond substituents is 2. The molecule has 0 spiro atoms. The van der Waals surface area contributed by atoms with Gasteiger partial charge in [0.25, 0.3) is 0 Å². The number of carbonyl (C=O) groups is 2. The number of aromatic hydroxyl groups is 2. The van der Waals surface area contributed by atoms with Crippen molar-refractivity contribution in [1.29, 1.82) is 0 Å². The molecule has 0 unspecified atom stereocenters. The van der Waals surface area contributed by atoms with Crippen LogP contribution in [0.4, 0.5) is 0 Å². The predicted octanol–water partition coefficient (Wildman–Crippen LogP) is 0.810. The largest absolute Gasteiger partial charge is 0.504 e. The van der Waals surface area contributed by atoms with Crippen LogP contribution in [-0.4, -0.2) is 32.4 Å². The van der Waals surface area contributed by atoms with Crippen LogP contribution in [0.25, 0.3) is 0 Å². The normalized spacial score (nSPS) is 9.25. The first kappa shape index (κ1) is 13.5. The van der Waals surface area contributed by atoms with Crippen LogP contribution >= 0.6 is 0 Å². The van der Waals surface area contributed by atoms with Crippen LogP contribution in [-0.2, 0) is 9.59 Å². The number of carboxylic acid groups (broad SMARTS) is 2. The Morgan fingerprint density at radius 1 is 0.875 bits per heavy atom. The smallest absolute Gasteiger partial charge is 0.328 e. The van der Waals surface area contributed by atoms with E-state index in [4.69, 9.17) is 20.4 Å². The first-order chi connectivity index (χ1) is 7.43. The zero-order valence-electron chi connectivity index (χ0n) is 8.07. The number of phenols is 2. The van der Waals surface area contributed by atoms with Gasteiger partial charge in [-0.3, -0.25) is 0 Å². The molecule has 0 bridgehead atoms. The van der Waals surface area contributed by atoms with Gasteiger partial charge < -0.3 is 20.4 Å². The molecular weight excluding hydrogens is 216 g/mol. The zero-order chi connectivity index (χ0) is 12.6. The molecule has 0 aliphatic rings. The molecule has 6 nitrogen and oxygen atoms in total. The molecule has 0 aliphatic heterocycles. The van der Waals surface area contributed by atoms with Gasteiger partial charge >= 0.3 is 11.9 Å². The highest BCUT2D eigenvalue weighted by Crippen LogP contribution is 2.21. The van der Waals surface area contributed by atoms with E-state index in [-0.39, 0.29) is 11.5 Å². The van der Waals surface area contributed by atoms with Crippen LogP contribution in [0.2, 0.25) is 0 Å². The van der Waals surface area contributed by atoms with Gasteiger partial charge in [-0.1, -0.05) is 12.1 Å². The van der Waals surface area contributed by atoms with Crippen molar-refractivity contribution in [2.45, 2.75) is 0 Å². The minimum Gasteiger partial charge on any atom is -0.504 e. The maximum Gasteiger partial charge on any atom is 0.328 e. The van der Waals surface area contributed by atoms with E-state index in [1.165, 1.54) is 12.1 Å². The fourth-order valence-electron chi connectivity index (χ4n) is 0.607. The lowest BCUT2D eigenvalue weighted by molar-refractivity contribution is -0.134. The average Bonchev–Trinajstić information content (AvgIpc) is 2.20. The lowest BCUT2D eigenvalue weighted by atomic mass is 10.3. The molecule has 0 aromatic heterocycles. The Morgan fingerprint density at radius 3 is 1.38 bits per heavy atom. The van der Waals surface area contributed by atoms with E-state index in [9.17, 15) is 9.59 Å². The highest BCUT2D eigenvalue weighted by molar-refractivity contribution is 5.89. The maximum absolute atomic E-state index is 9.55. The second-order valence-electron chi connectivity index (χ2n) is 2.50. The summed E-state index contributed by atoms with van der Waals surface area (Å²) in [5, 5.41) is 33.0. The van der Waals surface area contributed by atoms with E-state index in [1.54, 1.807) is 12.1 Å². The van der Waals surface area contributed by atoms with E-state index < -0.39 is 11.9 Å². The fraction of sp³-hybridized carbons (Fsp3) is 0. The van der Waals surface area contributed by atoms with Gasteiger partial charge in [0.1, 0.15) is 0 Å². The van der Waals surface area contributed by atoms with Gasteiger partial charge in [0, 0.05) is 12.2 Å². The number of benzene rings is 1. The van der Waals surface area contributed by atoms with Crippen molar-refractivity contribution in [3.8, 4) is 11.5 Å². The Kier molecular flexibility index (Phi) is 5.81. The summed E-state index contributed by atoms with van der Waals surface area (Å²) in [6.07, 6.45) is 1.12. The van der Waals surface area contributed by atoms with E-state index in [0.717, 1.165) is 0 Å². The van der Waals surface area contributed by atoms with Crippen LogP contribution in [0, 0.1) is 0 Å². The number of para-hydroxylation sites is 2. The van der Waals surface area contributed by atoms with Gasteiger partial charge in [-0.2, -0.15) is 0 Å². The first-order valence-corrected chi connectivity index (χ1v) is 4.04. The van der Waals surface area contributed by atoms with Crippen molar-refractivity contribution in [3.63, 3.8) is 0 Å². The van der Waals surface area contributed by atoms with E-state index in [2.05, 4.69) is 0 Å². The fourth-order valence-corrected chi connectivity index (χ4v) is 0.607. The maximum atomic E-state index is 9.55. The summed E-state index contributed by atoms with van der Waals surface area (Å²) in [4.78, 5) is 19.1. The summed E-state index contributed by atoms with van der Waals surface area (Å²) >= 11 is 0. The monoisotopic (exact) mass is 226 g/mol. The molecule has 0 atom stereocenters. The summed E-state index contributed by atoms with van der Waals surface area (Å²) in [6, 6.07) is 6.15. The average molecular weight is 226 g/mol. The minimum absolute atomic E-state index is 0.0764. The summed E-state index contributed by atoms with van der Waals surface area (Å²) in [6.45, 7) is 0. The van der Waals surface area contributed by atoms with Gasteiger partial charge in [0.15, 0.2) is 11.5 Å². The van der Waals surface area contributed by atoms with Crippen molar-refractivity contribution in [2.24, 2.45) is 0 Å². The zero-order valence-corrected chi connectivity index (χ0v) is 8.07. The van der Waals surface area contributed by atoms with Crippen LogP contribution in [0.15, 0.2) is 36.4 Å². The van der Waals surface area contributed by atoms with Gasteiger partial charge in [-0.25, -0.2) is 9.59 Å². The molecule has 6 heteroatoms. The Balaban J connectivity index is 0.000000281. The summed E-state index contributed by atoms with van der Waals surface area (Å²) in [5.41, 5.74) is 0. The van der Waals surface area contributed by atoms with Crippen molar-refractivity contribution in [3.05, 3.63) is 36.4 Å². The molecule has 0 saturated carbocycles. The van der Waals surface area contributed by atoms with Crippen molar-refractivity contribution in [1.82, 2.24) is 0 Å². The predicted molar refractivity (Wildman–Crippen MR) is 54.2 cm³/mol. The Hall–Kier alpha value is -2.50. The third-order valence-corrected chi connectivity index (χ3v) is 1.25. The minimum atomic E-state index is -1.26. The first-order valence-electron chi connectivity index (χ1n) is 4.04. The molecule has 1 rings (SSSR count). The molecule has 1 aromatic rings. The van der Waals surface area contributed by atoms with Crippen LogP contribution in [0.3, 0.4) is 0 Å². The van der Waals surface area contributed by atoms with Gasteiger partial charge in [0.05, 0.1) is 0 Å². The lowest BCUT2D eigenvalue weighted by Crippen LogP contribution is -1.91. The number of carboxylic acids is 2. The quantitative estimate of drug-likeness (QED) is 0.438. The van der Waals surface area contributed by atoms with Crippen molar-refractivity contribution in [2.75, 3.05) is 0 Å². The summed E-state index contributed by atoms with van der Waals surface area (Å²) in [5.74, 6) is -2.67. The molecule has 0 amide bonds. The van der Waals surface area contributed by atoms with E-state index in [1.807, 2.05) is 0 Å². The Morgan fingerprint density at radius 2 is 1.19 bits per heavy atom. The number of aliphatic carboxylic acids is 2. The van der Waals surface area contributed by atoms with E-state index >= 15 is 0 Å². The molecule has 0 aliphatic carbocycles. The van der Waals surface area contributed by atoms with Crippen LogP contribution in [0.5, 0.6) is 11.5 Å². The van der Waals surface area contributed by atoms with E-state index in [0.29, 0.717) is 12.2 Å². The van der Waals surface area contributed by atoms with Crippen molar-refractivity contribution >= 4 is 11.9 Å². The Bertz CT molecular complexity index is 359. The molecule has 4 N–H and O–H groups in total. The third-order valence-electron chi connectivity index (χ3n) is 1.25. The molecule has 0 saturated heterocycles. The second kappa shape index (κ2) is 6.88. The summed E-state index contributed by atoms with van der Waals surface area (Å²) < 4.78 is 0. The van der Waals surface area contributed by atoms with Gasteiger partial charge in [-0.05, 0) is 12.1 Å². The number of hydrogen-bond acceptors (Lipinski definition) is 4. The standard InChI is InChI=1S/C6H6O2.C4H4O4/c7-5-3-1-2-4-6(5)8;5-3(6)1-2-4(7)8/h1-4,7-8H;1-2H,(H,5,6)(H,7,8)/b;2-1-. The highest BCUT2D eigenvalue weighted by atomic mass is 16.4. The number of rotatable bonds is 2. The Labute approximate surface area is 90.7 Å². The molecule has 16 heavy (non-hydrogen) atoms. The SMILES string of the molecule is O=C(O)/C=C\C(=O)O.Oc1ccccc1O. The molecule has 0 radical (unpaired) electrons. The van der Waals surface area contributed by atoms with Crippen LogP contribution < -0.4 is 0 Å². The molecular formula is C10H10O6. The number of hydrogen-bond donors (Lipinski definition) is 4. The van der Waals surface area contributed by atoms with Gasteiger partial charge in [0.2, 0.25) is 0 Å².